The predicted molar refractivity (Wildman–Crippen MR) is 133 cm³/mol. The molecule has 0 saturated carbocycles. The molecule has 2 aromatic carbocycles. The molecular formula is C28H38O5. The Kier molecular flexibility index (Phi) is 10.7. The third kappa shape index (κ3) is 7.95. The number of aliphatic hydroxyl groups is 2. The monoisotopic (exact) mass is 454 g/mol. The van der Waals surface area contributed by atoms with E-state index in [4.69, 9.17) is 14.9 Å². The number of ketones is 1. The van der Waals surface area contributed by atoms with Gasteiger partial charge in [0.2, 0.25) is 0 Å². The van der Waals surface area contributed by atoms with Crippen LogP contribution in [0.5, 0.6) is 5.75 Å². The summed E-state index contributed by atoms with van der Waals surface area (Å²) in [5.41, 5.74) is 5.88. The number of carbonyl (C=O) groups is 2. The first-order valence-electron chi connectivity index (χ1n) is 11.2. The van der Waals surface area contributed by atoms with Crippen LogP contribution >= 0.6 is 0 Å². The zero-order valence-electron chi connectivity index (χ0n) is 21.2. The minimum absolute atomic E-state index is 0.0718. The van der Waals surface area contributed by atoms with E-state index in [1.165, 1.54) is 0 Å². The summed E-state index contributed by atoms with van der Waals surface area (Å²) in [6.07, 6.45) is 1.45. The van der Waals surface area contributed by atoms with Gasteiger partial charge in [-0.3, -0.25) is 4.79 Å². The predicted octanol–water partition coefficient (Wildman–Crippen LogP) is 5.27. The fraction of sp³-hybridized carbons (Fsp3) is 0.429. The van der Waals surface area contributed by atoms with Crippen LogP contribution < -0.4 is 4.74 Å². The third-order valence-electron chi connectivity index (χ3n) is 5.57. The lowest BCUT2D eigenvalue weighted by Crippen LogP contribution is -2.26. The number of benzene rings is 2. The molecule has 0 aliphatic carbocycles. The van der Waals surface area contributed by atoms with E-state index in [1.807, 2.05) is 65.8 Å². The van der Waals surface area contributed by atoms with Gasteiger partial charge in [-0.15, -0.1) is 6.58 Å². The van der Waals surface area contributed by atoms with Gasteiger partial charge < -0.3 is 14.9 Å². The number of hydrogen-bond acceptors (Lipinski definition) is 5. The molecule has 0 fully saturated rings. The number of Topliss-reactive ketones (excluding diaryl/α,β-unsaturated/α-hetero) is 1. The Balaban J connectivity index is 0.000000461. The minimum Gasteiger partial charge on any atom is -0.420 e. The van der Waals surface area contributed by atoms with Gasteiger partial charge in [0.1, 0.15) is 5.75 Å². The molecule has 2 unspecified atom stereocenters. The van der Waals surface area contributed by atoms with E-state index in [0.29, 0.717) is 17.7 Å². The zero-order valence-corrected chi connectivity index (χ0v) is 21.2. The Morgan fingerprint density at radius 1 is 0.848 bits per heavy atom. The van der Waals surface area contributed by atoms with Gasteiger partial charge in [-0.2, -0.15) is 0 Å². The quantitative estimate of drug-likeness (QED) is 0.196. The molecule has 2 atom stereocenters. The molecule has 0 radical (unpaired) electrons. The Morgan fingerprint density at radius 3 is 1.58 bits per heavy atom. The molecule has 2 aromatic rings. The van der Waals surface area contributed by atoms with Crippen molar-refractivity contribution in [1.29, 1.82) is 0 Å². The highest BCUT2D eigenvalue weighted by Crippen LogP contribution is 2.26. The fourth-order valence-corrected chi connectivity index (χ4v) is 4.10. The van der Waals surface area contributed by atoms with Crippen LogP contribution in [0.2, 0.25) is 0 Å². The Morgan fingerprint density at radius 2 is 1.24 bits per heavy atom. The largest absolute Gasteiger partial charge is 0.420 e. The van der Waals surface area contributed by atoms with Gasteiger partial charge in [0.05, 0.1) is 12.2 Å². The van der Waals surface area contributed by atoms with Crippen molar-refractivity contribution < 1.29 is 24.5 Å². The highest BCUT2D eigenvalue weighted by Gasteiger charge is 2.24. The Hall–Kier alpha value is -2.76. The molecule has 5 nitrogen and oxygen atoms in total. The van der Waals surface area contributed by atoms with Crippen LogP contribution in [0.4, 0.5) is 0 Å². The number of hydrogen-bond donors (Lipinski definition) is 2. The number of aryl methyl sites for hydroxylation is 6. The summed E-state index contributed by atoms with van der Waals surface area (Å²) in [6, 6.07) is 7.66. The summed E-state index contributed by atoms with van der Waals surface area (Å²) in [4.78, 5) is 24.8. The van der Waals surface area contributed by atoms with Crippen molar-refractivity contribution in [3.63, 3.8) is 0 Å². The fourth-order valence-electron chi connectivity index (χ4n) is 4.10. The summed E-state index contributed by atoms with van der Waals surface area (Å²) >= 11 is 0. The number of aliphatic hydroxyl groups excluding tert-OH is 2. The second kappa shape index (κ2) is 12.5. The molecule has 0 aromatic heterocycles. The molecule has 180 valence electrons. The van der Waals surface area contributed by atoms with Gasteiger partial charge in [0, 0.05) is 11.5 Å². The van der Waals surface area contributed by atoms with Crippen LogP contribution in [0, 0.1) is 47.5 Å². The summed E-state index contributed by atoms with van der Waals surface area (Å²) < 4.78 is 5.40. The van der Waals surface area contributed by atoms with Gasteiger partial charge in [0.25, 0.3) is 5.78 Å². The standard InChI is InChI=1S/C20H22O3.C8H16O2/c1-11-7-13(3)17(14(4)8-11)18(21)20(22)23-19-15(5)9-12(2)10-16(19)6;1-4-5-8(6(2)9)7(3)10/h7-10H,1-6H3;4,6-10H,1,5H2,2-3H3. The van der Waals surface area contributed by atoms with Crippen molar-refractivity contribution >= 4 is 11.8 Å². The Bertz CT molecular complexity index is 947. The first-order chi connectivity index (χ1) is 15.3. The molecule has 0 aliphatic rings. The van der Waals surface area contributed by atoms with E-state index in [-0.39, 0.29) is 5.92 Å². The topological polar surface area (TPSA) is 83.8 Å². The van der Waals surface area contributed by atoms with Crippen LogP contribution in [0.15, 0.2) is 36.9 Å². The van der Waals surface area contributed by atoms with Crippen molar-refractivity contribution in [3.05, 3.63) is 75.9 Å². The normalized spacial score (nSPS) is 13.3. The van der Waals surface area contributed by atoms with Crippen LogP contribution in [-0.2, 0) is 4.79 Å². The van der Waals surface area contributed by atoms with E-state index in [0.717, 1.165) is 33.4 Å². The summed E-state index contributed by atoms with van der Waals surface area (Å²) in [7, 11) is 0. The van der Waals surface area contributed by atoms with E-state index in [2.05, 4.69) is 6.58 Å². The van der Waals surface area contributed by atoms with Crippen molar-refractivity contribution in [1.82, 2.24) is 0 Å². The third-order valence-corrected chi connectivity index (χ3v) is 5.57. The Labute approximate surface area is 198 Å². The van der Waals surface area contributed by atoms with Crippen LogP contribution in [-0.4, -0.2) is 34.2 Å². The number of carbonyl (C=O) groups excluding carboxylic acids is 2. The first-order valence-corrected chi connectivity index (χ1v) is 11.2. The maximum atomic E-state index is 12.5. The molecule has 0 amide bonds. The summed E-state index contributed by atoms with van der Waals surface area (Å²) in [6.45, 7) is 18.3. The second-order valence-corrected chi connectivity index (χ2v) is 8.89. The number of rotatable bonds is 7. The molecule has 0 spiro atoms. The summed E-state index contributed by atoms with van der Waals surface area (Å²) in [5.74, 6) is -1.04. The number of allylic oxidation sites excluding steroid dienone is 1. The zero-order chi connectivity index (χ0) is 25.5. The molecule has 5 heteroatoms. The average Bonchev–Trinajstić information content (AvgIpc) is 2.67. The van der Waals surface area contributed by atoms with Gasteiger partial charge in [-0.1, -0.05) is 41.5 Å². The minimum atomic E-state index is -0.838. The van der Waals surface area contributed by atoms with E-state index in [1.54, 1.807) is 19.9 Å². The van der Waals surface area contributed by atoms with Crippen LogP contribution in [0.1, 0.15) is 64.0 Å². The average molecular weight is 455 g/mol. The molecule has 0 bridgehead atoms. The van der Waals surface area contributed by atoms with Gasteiger partial charge in [0.15, 0.2) is 0 Å². The van der Waals surface area contributed by atoms with E-state index in [9.17, 15) is 9.59 Å². The van der Waals surface area contributed by atoms with Crippen molar-refractivity contribution in [2.75, 3.05) is 0 Å². The molecule has 2 N–H and O–H groups in total. The van der Waals surface area contributed by atoms with E-state index < -0.39 is 24.0 Å². The SMILES string of the molecule is C=CCC(C(C)O)C(C)O.Cc1cc(C)c(OC(=O)C(=O)c2c(C)cc(C)cc2C)c(C)c1. The van der Waals surface area contributed by atoms with Gasteiger partial charge in [-0.05, 0) is 84.1 Å². The molecule has 0 heterocycles. The van der Waals surface area contributed by atoms with Crippen molar-refractivity contribution in [2.24, 2.45) is 5.92 Å². The smallest absolute Gasteiger partial charge is 0.385 e. The maximum absolute atomic E-state index is 12.5. The maximum Gasteiger partial charge on any atom is 0.385 e. The lowest BCUT2D eigenvalue weighted by atomic mass is 9.94. The van der Waals surface area contributed by atoms with Crippen molar-refractivity contribution in [3.8, 4) is 5.75 Å². The number of ether oxygens (including phenoxy) is 1. The molecule has 0 saturated heterocycles. The molecule has 2 rings (SSSR count). The lowest BCUT2D eigenvalue weighted by molar-refractivity contribution is -0.129. The first kappa shape index (κ1) is 28.3. The molecule has 0 aliphatic heterocycles. The molecule has 33 heavy (non-hydrogen) atoms. The van der Waals surface area contributed by atoms with Gasteiger partial charge in [-0.25, -0.2) is 4.79 Å². The highest BCUT2D eigenvalue weighted by molar-refractivity contribution is 6.41. The van der Waals surface area contributed by atoms with E-state index >= 15 is 0 Å². The number of esters is 1. The van der Waals surface area contributed by atoms with Gasteiger partial charge >= 0.3 is 5.97 Å². The molecular weight excluding hydrogens is 416 g/mol. The van der Waals surface area contributed by atoms with Crippen molar-refractivity contribution in [2.45, 2.75) is 74.0 Å². The second-order valence-electron chi connectivity index (χ2n) is 8.89. The highest BCUT2D eigenvalue weighted by atomic mass is 16.5. The van der Waals surface area contributed by atoms with Crippen LogP contribution in [0.25, 0.3) is 0 Å². The lowest BCUT2D eigenvalue weighted by Gasteiger charge is -2.20. The summed E-state index contributed by atoms with van der Waals surface area (Å²) in [5, 5.41) is 18.2. The van der Waals surface area contributed by atoms with Crippen LogP contribution in [0.3, 0.4) is 0 Å².